The maximum absolute atomic E-state index is 12.8. The van der Waals surface area contributed by atoms with Gasteiger partial charge in [-0.05, 0) is 55.5 Å². The van der Waals surface area contributed by atoms with Gasteiger partial charge in [-0.3, -0.25) is 4.79 Å². The van der Waals surface area contributed by atoms with E-state index in [-0.39, 0.29) is 5.69 Å². The first-order valence-electron chi connectivity index (χ1n) is 6.66. The van der Waals surface area contributed by atoms with Crippen LogP contribution in [0.3, 0.4) is 0 Å². The summed E-state index contributed by atoms with van der Waals surface area (Å²) in [5, 5.41) is 2.45. The van der Waals surface area contributed by atoms with E-state index >= 15 is 0 Å². The molecule has 0 saturated carbocycles. The second-order valence-electron chi connectivity index (χ2n) is 4.78. The van der Waals surface area contributed by atoms with Crippen LogP contribution in [-0.4, -0.2) is 12.0 Å². The lowest BCUT2D eigenvalue weighted by Crippen LogP contribution is -2.30. The largest absolute Gasteiger partial charge is 0.481 e. The summed E-state index contributed by atoms with van der Waals surface area (Å²) in [5.74, 6) is -0.658. The second-order valence-corrected chi connectivity index (χ2v) is 4.78. The van der Waals surface area contributed by atoms with E-state index in [1.54, 1.807) is 0 Å². The minimum Gasteiger partial charge on any atom is -0.481 e. The molecule has 0 fully saturated rings. The highest BCUT2D eigenvalue weighted by atomic mass is 19.4. The third kappa shape index (κ3) is 4.70. The van der Waals surface area contributed by atoms with Crippen molar-refractivity contribution >= 4 is 11.6 Å². The third-order valence-corrected chi connectivity index (χ3v) is 2.98. The molecule has 2 aromatic rings. The first kappa shape index (κ1) is 16.8. The Kier molecular flexibility index (Phi) is 4.88. The number of anilines is 1. The van der Waals surface area contributed by atoms with Crippen LogP contribution < -0.4 is 10.1 Å². The van der Waals surface area contributed by atoms with Crippen LogP contribution in [-0.2, 0) is 11.0 Å². The van der Waals surface area contributed by atoms with Crippen molar-refractivity contribution in [3.63, 3.8) is 0 Å². The van der Waals surface area contributed by atoms with Gasteiger partial charge in [0.25, 0.3) is 5.91 Å². The summed E-state index contributed by atoms with van der Waals surface area (Å²) in [6.07, 6.45) is -5.33. The Labute approximate surface area is 129 Å². The zero-order chi connectivity index (χ0) is 17.0. The average Bonchev–Trinajstić information content (AvgIpc) is 2.49. The molecule has 0 bridgehead atoms. The van der Waals surface area contributed by atoms with Crippen LogP contribution >= 0.6 is 0 Å². The Morgan fingerprint density at radius 2 is 1.61 bits per heavy atom. The molecule has 0 aromatic heterocycles. The van der Waals surface area contributed by atoms with Crippen LogP contribution in [0.4, 0.5) is 23.2 Å². The van der Waals surface area contributed by atoms with Gasteiger partial charge in [-0.15, -0.1) is 0 Å². The molecule has 0 radical (unpaired) electrons. The Morgan fingerprint density at radius 3 is 2.13 bits per heavy atom. The van der Waals surface area contributed by atoms with E-state index in [2.05, 4.69) is 5.32 Å². The van der Waals surface area contributed by atoms with E-state index in [1.165, 1.54) is 31.2 Å². The van der Waals surface area contributed by atoms with Crippen LogP contribution in [0.25, 0.3) is 0 Å². The van der Waals surface area contributed by atoms with Gasteiger partial charge in [0.2, 0.25) is 0 Å². The van der Waals surface area contributed by atoms with Gasteiger partial charge in [0, 0.05) is 5.69 Å². The smallest absolute Gasteiger partial charge is 0.416 e. The Bertz CT molecular complexity index is 666. The minimum atomic E-state index is -4.43. The summed E-state index contributed by atoms with van der Waals surface area (Å²) in [4.78, 5) is 11.9. The molecule has 1 N–H and O–H groups in total. The van der Waals surface area contributed by atoms with Crippen molar-refractivity contribution in [2.24, 2.45) is 0 Å². The predicted molar refractivity (Wildman–Crippen MR) is 76.6 cm³/mol. The average molecular weight is 327 g/mol. The first-order chi connectivity index (χ1) is 10.8. The highest BCUT2D eigenvalue weighted by Crippen LogP contribution is 2.29. The minimum absolute atomic E-state index is 0.220. The lowest BCUT2D eigenvalue weighted by Gasteiger charge is -2.15. The van der Waals surface area contributed by atoms with Crippen LogP contribution in [0.15, 0.2) is 48.5 Å². The standard InChI is InChI=1S/C16H13F4NO2/c1-10(23-14-8-4-12(17)5-9-14)15(22)21-13-6-2-11(3-7-13)16(18,19)20/h2-10H,1H3,(H,21,22). The molecule has 0 spiro atoms. The molecule has 3 nitrogen and oxygen atoms in total. The summed E-state index contributed by atoms with van der Waals surface area (Å²) >= 11 is 0. The van der Waals surface area contributed by atoms with Gasteiger partial charge in [0.05, 0.1) is 5.56 Å². The molecular weight excluding hydrogens is 314 g/mol. The topological polar surface area (TPSA) is 38.3 Å². The number of ether oxygens (including phenoxy) is 1. The molecular formula is C16H13F4NO2. The lowest BCUT2D eigenvalue weighted by molar-refractivity contribution is -0.137. The van der Waals surface area contributed by atoms with Crippen molar-refractivity contribution in [1.29, 1.82) is 0 Å². The van der Waals surface area contributed by atoms with E-state index in [9.17, 15) is 22.4 Å². The van der Waals surface area contributed by atoms with Crippen molar-refractivity contribution in [3.8, 4) is 5.75 Å². The molecule has 1 unspecified atom stereocenters. The number of amides is 1. The van der Waals surface area contributed by atoms with Crippen LogP contribution in [0, 0.1) is 5.82 Å². The monoisotopic (exact) mass is 327 g/mol. The molecule has 0 aliphatic rings. The summed E-state index contributed by atoms with van der Waals surface area (Å²) in [6, 6.07) is 9.19. The number of rotatable bonds is 4. The number of halogens is 4. The molecule has 0 saturated heterocycles. The molecule has 0 aliphatic carbocycles. The fourth-order valence-electron chi connectivity index (χ4n) is 1.76. The van der Waals surface area contributed by atoms with Crippen LogP contribution in [0.1, 0.15) is 12.5 Å². The van der Waals surface area contributed by atoms with Gasteiger partial charge < -0.3 is 10.1 Å². The number of alkyl halides is 3. The van der Waals surface area contributed by atoms with Gasteiger partial charge >= 0.3 is 6.18 Å². The van der Waals surface area contributed by atoms with Gasteiger partial charge in [-0.2, -0.15) is 13.2 Å². The molecule has 7 heteroatoms. The molecule has 122 valence electrons. The predicted octanol–water partition coefficient (Wildman–Crippen LogP) is 4.25. The van der Waals surface area contributed by atoms with Crippen molar-refractivity contribution in [2.45, 2.75) is 19.2 Å². The van der Waals surface area contributed by atoms with Gasteiger partial charge in [-0.25, -0.2) is 4.39 Å². The maximum Gasteiger partial charge on any atom is 0.416 e. The van der Waals surface area contributed by atoms with Gasteiger partial charge in [0.15, 0.2) is 6.10 Å². The van der Waals surface area contributed by atoms with E-state index in [0.29, 0.717) is 5.75 Å². The van der Waals surface area contributed by atoms with Gasteiger partial charge in [0.1, 0.15) is 11.6 Å². The second kappa shape index (κ2) is 6.68. The van der Waals surface area contributed by atoms with E-state index in [4.69, 9.17) is 4.74 Å². The molecule has 0 heterocycles. The zero-order valence-electron chi connectivity index (χ0n) is 12.0. The highest BCUT2D eigenvalue weighted by molar-refractivity contribution is 5.94. The fraction of sp³-hybridized carbons (Fsp3) is 0.188. The molecule has 23 heavy (non-hydrogen) atoms. The van der Waals surface area contributed by atoms with Crippen LogP contribution in [0.2, 0.25) is 0 Å². The molecule has 1 amide bonds. The van der Waals surface area contributed by atoms with Crippen molar-refractivity contribution in [3.05, 3.63) is 59.9 Å². The molecule has 0 aliphatic heterocycles. The van der Waals surface area contributed by atoms with Crippen molar-refractivity contribution < 1.29 is 27.1 Å². The summed E-state index contributed by atoms with van der Waals surface area (Å²) < 4.78 is 55.4. The Hall–Kier alpha value is -2.57. The molecule has 1 atom stereocenters. The van der Waals surface area contributed by atoms with Gasteiger partial charge in [-0.1, -0.05) is 0 Å². The zero-order valence-corrected chi connectivity index (χ0v) is 12.0. The molecule has 2 aromatic carbocycles. The summed E-state index contributed by atoms with van der Waals surface area (Å²) in [6.45, 7) is 1.47. The summed E-state index contributed by atoms with van der Waals surface area (Å²) in [5.41, 5.74) is -0.580. The Balaban J connectivity index is 1.96. The SMILES string of the molecule is CC(Oc1ccc(F)cc1)C(=O)Nc1ccc(C(F)(F)F)cc1. The number of nitrogens with one attached hydrogen (secondary N) is 1. The lowest BCUT2D eigenvalue weighted by atomic mass is 10.2. The fourth-order valence-corrected chi connectivity index (χ4v) is 1.76. The number of hydrogen-bond donors (Lipinski definition) is 1. The Morgan fingerprint density at radius 1 is 1.04 bits per heavy atom. The molecule has 2 rings (SSSR count). The maximum atomic E-state index is 12.8. The van der Waals surface area contributed by atoms with Crippen molar-refractivity contribution in [2.75, 3.05) is 5.32 Å². The van der Waals surface area contributed by atoms with E-state index < -0.39 is 29.6 Å². The first-order valence-corrected chi connectivity index (χ1v) is 6.66. The summed E-state index contributed by atoms with van der Waals surface area (Å²) in [7, 11) is 0. The van der Waals surface area contributed by atoms with Crippen molar-refractivity contribution in [1.82, 2.24) is 0 Å². The van der Waals surface area contributed by atoms with E-state index in [0.717, 1.165) is 24.3 Å². The van der Waals surface area contributed by atoms with Crippen LogP contribution in [0.5, 0.6) is 5.75 Å². The quantitative estimate of drug-likeness (QED) is 0.853. The number of hydrogen-bond acceptors (Lipinski definition) is 2. The third-order valence-electron chi connectivity index (χ3n) is 2.98. The van der Waals surface area contributed by atoms with E-state index in [1.807, 2.05) is 0 Å². The number of carbonyl (C=O) groups excluding carboxylic acids is 1. The normalized spacial score (nSPS) is 12.6. The number of benzene rings is 2. The number of carbonyl (C=O) groups is 1. The highest BCUT2D eigenvalue weighted by Gasteiger charge is 2.30.